The van der Waals surface area contributed by atoms with Gasteiger partial charge in [-0.1, -0.05) is 19.0 Å². The Hall–Kier alpha value is -2.50. The van der Waals surface area contributed by atoms with E-state index in [1.807, 2.05) is 24.3 Å². The number of hydrogen-bond donors (Lipinski definition) is 1. The van der Waals surface area contributed by atoms with Crippen molar-refractivity contribution in [2.24, 2.45) is 5.92 Å². The summed E-state index contributed by atoms with van der Waals surface area (Å²) in [5.74, 6) is 2.33. The summed E-state index contributed by atoms with van der Waals surface area (Å²) in [6, 6.07) is 7.38. The third-order valence-corrected chi connectivity index (χ3v) is 4.52. The van der Waals surface area contributed by atoms with Crippen molar-refractivity contribution in [1.82, 2.24) is 10.5 Å². The monoisotopic (exact) mass is 344 g/mol. The molecule has 0 unspecified atom stereocenters. The highest BCUT2D eigenvalue weighted by Gasteiger charge is 2.53. The number of nitrogens with one attached hydrogen (secondary N) is 1. The summed E-state index contributed by atoms with van der Waals surface area (Å²) in [5, 5.41) is 7.17. The van der Waals surface area contributed by atoms with Crippen molar-refractivity contribution < 1.29 is 18.8 Å². The number of aromatic nitrogens is 1. The quantitative estimate of drug-likeness (QED) is 0.835. The Labute approximate surface area is 147 Å². The van der Waals surface area contributed by atoms with Gasteiger partial charge in [-0.25, -0.2) is 0 Å². The SMILES string of the molecule is COc1ccc(-c2cc(C3(C(=O)NCC(C)C)CC3)no2)cc1OC. The first-order valence-electron chi connectivity index (χ1n) is 8.48. The van der Waals surface area contributed by atoms with Gasteiger partial charge >= 0.3 is 0 Å². The maximum atomic E-state index is 12.5. The van der Waals surface area contributed by atoms with Gasteiger partial charge in [0.2, 0.25) is 5.91 Å². The summed E-state index contributed by atoms with van der Waals surface area (Å²) >= 11 is 0. The number of rotatable bonds is 7. The smallest absolute Gasteiger partial charge is 0.232 e. The summed E-state index contributed by atoms with van der Waals surface area (Å²) in [6.45, 7) is 4.82. The largest absolute Gasteiger partial charge is 0.493 e. The van der Waals surface area contributed by atoms with Gasteiger partial charge in [0.15, 0.2) is 17.3 Å². The number of carbonyl (C=O) groups is 1. The van der Waals surface area contributed by atoms with E-state index in [1.54, 1.807) is 14.2 Å². The Morgan fingerprint density at radius 2 is 1.96 bits per heavy atom. The molecule has 3 rings (SSSR count). The average molecular weight is 344 g/mol. The Morgan fingerprint density at radius 3 is 2.56 bits per heavy atom. The van der Waals surface area contributed by atoms with Crippen LogP contribution >= 0.6 is 0 Å². The van der Waals surface area contributed by atoms with Crippen LogP contribution in [-0.4, -0.2) is 31.8 Å². The zero-order chi connectivity index (χ0) is 18.0. The second-order valence-corrected chi connectivity index (χ2v) is 6.83. The number of ether oxygens (including phenoxy) is 2. The molecule has 0 bridgehead atoms. The van der Waals surface area contributed by atoms with Crippen molar-refractivity contribution in [2.45, 2.75) is 32.1 Å². The summed E-state index contributed by atoms with van der Waals surface area (Å²) in [6.07, 6.45) is 1.60. The molecule has 0 radical (unpaired) electrons. The van der Waals surface area contributed by atoms with E-state index in [-0.39, 0.29) is 5.91 Å². The minimum atomic E-state index is -0.535. The van der Waals surface area contributed by atoms with Crippen LogP contribution < -0.4 is 14.8 Å². The van der Waals surface area contributed by atoms with Crippen LogP contribution in [0.1, 0.15) is 32.4 Å². The fraction of sp³-hybridized carbons (Fsp3) is 0.474. The molecule has 1 N–H and O–H groups in total. The summed E-state index contributed by atoms with van der Waals surface area (Å²) < 4.78 is 16.1. The van der Waals surface area contributed by atoms with E-state index in [0.717, 1.165) is 18.4 Å². The molecule has 0 spiro atoms. The molecule has 25 heavy (non-hydrogen) atoms. The summed E-state index contributed by atoms with van der Waals surface area (Å²) in [7, 11) is 3.18. The molecule has 1 aliphatic rings. The number of carbonyl (C=O) groups excluding carboxylic acids is 1. The third-order valence-electron chi connectivity index (χ3n) is 4.52. The van der Waals surface area contributed by atoms with Crippen LogP contribution in [0.3, 0.4) is 0 Å². The highest BCUT2D eigenvalue weighted by atomic mass is 16.5. The van der Waals surface area contributed by atoms with Crippen LogP contribution in [0.4, 0.5) is 0 Å². The van der Waals surface area contributed by atoms with Crippen LogP contribution in [0.25, 0.3) is 11.3 Å². The molecule has 6 nitrogen and oxygen atoms in total. The van der Waals surface area contributed by atoms with Gasteiger partial charge in [-0.05, 0) is 37.0 Å². The molecule has 0 atom stereocenters. The van der Waals surface area contributed by atoms with Crippen molar-refractivity contribution in [3.8, 4) is 22.8 Å². The first-order chi connectivity index (χ1) is 12.0. The van der Waals surface area contributed by atoms with E-state index in [2.05, 4.69) is 24.3 Å². The molecular formula is C19H24N2O4. The Morgan fingerprint density at radius 1 is 1.24 bits per heavy atom. The van der Waals surface area contributed by atoms with Gasteiger partial charge in [0.05, 0.1) is 25.3 Å². The lowest BCUT2D eigenvalue weighted by atomic mass is 10.00. The molecule has 1 saturated carbocycles. The second-order valence-electron chi connectivity index (χ2n) is 6.83. The minimum absolute atomic E-state index is 0.0355. The molecule has 1 aliphatic carbocycles. The molecule has 0 saturated heterocycles. The number of benzene rings is 1. The normalized spacial score (nSPS) is 15.1. The van der Waals surface area contributed by atoms with Crippen molar-refractivity contribution in [1.29, 1.82) is 0 Å². The molecule has 2 aromatic rings. The maximum Gasteiger partial charge on any atom is 0.232 e. The van der Waals surface area contributed by atoms with Crippen LogP contribution in [0.5, 0.6) is 11.5 Å². The predicted octanol–water partition coefficient (Wildman–Crippen LogP) is 3.16. The van der Waals surface area contributed by atoms with Gasteiger partial charge < -0.3 is 19.3 Å². The van der Waals surface area contributed by atoms with E-state index >= 15 is 0 Å². The molecular weight excluding hydrogens is 320 g/mol. The Balaban J connectivity index is 1.82. The molecule has 1 amide bonds. The number of amides is 1. The Kier molecular flexibility index (Phi) is 4.70. The molecule has 1 fully saturated rings. The lowest BCUT2D eigenvalue weighted by molar-refractivity contribution is -0.123. The first-order valence-corrected chi connectivity index (χ1v) is 8.48. The van der Waals surface area contributed by atoms with Crippen LogP contribution in [0.15, 0.2) is 28.8 Å². The molecule has 0 aliphatic heterocycles. The van der Waals surface area contributed by atoms with Crippen molar-refractivity contribution >= 4 is 5.91 Å². The highest BCUT2D eigenvalue weighted by molar-refractivity contribution is 5.91. The van der Waals surface area contributed by atoms with Crippen molar-refractivity contribution in [2.75, 3.05) is 20.8 Å². The molecule has 134 valence electrons. The molecule has 1 aromatic carbocycles. The lowest BCUT2D eigenvalue weighted by Crippen LogP contribution is -2.36. The number of hydrogen-bond acceptors (Lipinski definition) is 5. The van der Waals surface area contributed by atoms with Gasteiger partial charge in [0.1, 0.15) is 0 Å². The Bertz CT molecular complexity index is 763. The fourth-order valence-corrected chi connectivity index (χ4v) is 2.82. The molecule has 1 heterocycles. The van der Waals surface area contributed by atoms with E-state index in [4.69, 9.17) is 14.0 Å². The van der Waals surface area contributed by atoms with Gasteiger partial charge in [0, 0.05) is 18.2 Å². The highest BCUT2D eigenvalue weighted by Crippen LogP contribution is 2.48. The maximum absolute atomic E-state index is 12.5. The van der Waals surface area contributed by atoms with Crippen molar-refractivity contribution in [3.05, 3.63) is 30.0 Å². The number of methoxy groups -OCH3 is 2. The molecule has 6 heteroatoms. The predicted molar refractivity (Wildman–Crippen MR) is 93.8 cm³/mol. The van der Waals surface area contributed by atoms with Gasteiger partial charge in [-0.3, -0.25) is 4.79 Å². The average Bonchev–Trinajstić information content (AvgIpc) is 3.28. The van der Waals surface area contributed by atoms with E-state index in [1.165, 1.54) is 0 Å². The van der Waals surface area contributed by atoms with Crippen molar-refractivity contribution in [3.63, 3.8) is 0 Å². The number of nitrogens with zero attached hydrogens (tertiary/aromatic N) is 1. The second kappa shape index (κ2) is 6.78. The zero-order valence-electron chi connectivity index (χ0n) is 15.1. The van der Waals surface area contributed by atoms with Crippen LogP contribution in [0.2, 0.25) is 0 Å². The minimum Gasteiger partial charge on any atom is -0.493 e. The van der Waals surface area contributed by atoms with Gasteiger partial charge in [-0.2, -0.15) is 0 Å². The zero-order valence-corrected chi connectivity index (χ0v) is 15.1. The fourth-order valence-electron chi connectivity index (χ4n) is 2.82. The standard InChI is InChI=1S/C19H24N2O4/c1-12(2)11-20-18(22)19(7-8-19)17-10-15(25-21-17)13-5-6-14(23-3)16(9-13)24-4/h5-6,9-10,12H,7-8,11H2,1-4H3,(H,20,22). The van der Waals surface area contributed by atoms with E-state index < -0.39 is 5.41 Å². The van der Waals surface area contributed by atoms with E-state index in [9.17, 15) is 4.79 Å². The van der Waals surface area contributed by atoms with Crippen LogP contribution in [-0.2, 0) is 10.2 Å². The topological polar surface area (TPSA) is 73.6 Å². The summed E-state index contributed by atoms with van der Waals surface area (Å²) in [5.41, 5.74) is 0.987. The van der Waals surface area contributed by atoms with Gasteiger partial charge in [0.25, 0.3) is 0 Å². The molecule has 1 aromatic heterocycles. The summed E-state index contributed by atoms with van der Waals surface area (Å²) in [4.78, 5) is 12.5. The third kappa shape index (κ3) is 3.34. The van der Waals surface area contributed by atoms with E-state index in [0.29, 0.717) is 35.4 Å². The first kappa shape index (κ1) is 17.3. The van der Waals surface area contributed by atoms with Gasteiger partial charge in [-0.15, -0.1) is 0 Å². The van der Waals surface area contributed by atoms with Crippen LogP contribution in [0, 0.1) is 5.92 Å². The lowest BCUT2D eigenvalue weighted by Gasteiger charge is -2.13.